The van der Waals surface area contributed by atoms with Crippen LogP contribution in [0.15, 0.2) is 18.3 Å². The van der Waals surface area contributed by atoms with Crippen molar-refractivity contribution in [2.75, 3.05) is 0 Å². The van der Waals surface area contributed by atoms with Crippen LogP contribution in [0, 0.1) is 0 Å². The molecular formula is C10H12N2O2. The lowest BCUT2D eigenvalue weighted by atomic mass is 10.2. The highest BCUT2D eigenvalue weighted by Crippen LogP contribution is 2.31. The first-order valence-corrected chi connectivity index (χ1v) is 4.58. The Bertz CT molecular complexity index is 376. The summed E-state index contributed by atoms with van der Waals surface area (Å²) < 4.78 is 0. The van der Waals surface area contributed by atoms with Gasteiger partial charge in [-0.25, -0.2) is 0 Å². The van der Waals surface area contributed by atoms with E-state index in [2.05, 4.69) is 4.98 Å². The molecule has 1 aliphatic rings. The van der Waals surface area contributed by atoms with Gasteiger partial charge < -0.3 is 10.0 Å². The van der Waals surface area contributed by atoms with Gasteiger partial charge in [-0.15, -0.1) is 0 Å². The molecule has 1 aliphatic heterocycles. The van der Waals surface area contributed by atoms with Gasteiger partial charge in [-0.05, 0) is 19.9 Å². The molecule has 4 nitrogen and oxygen atoms in total. The van der Waals surface area contributed by atoms with E-state index in [0.29, 0.717) is 11.3 Å². The first kappa shape index (κ1) is 9.15. The zero-order valence-corrected chi connectivity index (χ0v) is 8.14. The van der Waals surface area contributed by atoms with E-state index in [4.69, 9.17) is 0 Å². The lowest BCUT2D eigenvalue weighted by Crippen LogP contribution is -2.34. The van der Waals surface area contributed by atoms with Crippen molar-refractivity contribution in [2.24, 2.45) is 0 Å². The number of hydrogen-bond donors (Lipinski definition) is 1. The monoisotopic (exact) mass is 192 g/mol. The van der Waals surface area contributed by atoms with E-state index < -0.39 is 6.23 Å². The number of aliphatic hydroxyl groups excluding tert-OH is 1. The van der Waals surface area contributed by atoms with Crippen LogP contribution in [0.25, 0.3) is 0 Å². The van der Waals surface area contributed by atoms with Gasteiger partial charge in [-0.2, -0.15) is 0 Å². The van der Waals surface area contributed by atoms with E-state index in [-0.39, 0.29) is 11.9 Å². The zero-order chi connectivity index (χ0) is 10.3. The first-order valence-electron chi connectivity index (χ1n) is 4.58. The molecule has 1 unspecified atom stereocenters. The van der Waals surface area contributed by atoms with E-state index in [1.54, 1.807) is 18.3 Å². The molecule has 1 aromatic heterocycles. The summed E-state index contributed by atoms with van der Waals surface area (Å²) in [6, 6.07) is 3.43. The fraction of sp³-hybridized carbons (Fsp3) is 0.400. The van der Waals surface area contributed by atoms with Crippen molar-refractivity contribution in [3.05, 3.63) is 29.6 Å². The van der Waals surface area contributed by atoms with Crippen LogP contribution >= 0.6 is 0 Å². The first-order chi connectivity index (χ1) is 6.63. The molecule has 0 fully saturated rings. The number of amides is 1. The topological polar surface area (TPSA) is 53.4 Å². The smallest absolute Gasteiger partial charge is 0.275 e. The van der Waals surface area contributed by atoms with Crippen LogP contribution in [0.1, 0.15) is 36.1 Å². The molecule has 1 N–H and O–H groups in total. The maximum atomic E-state index is 11.8. The molecule has 1 amide bonds. The molecule has 14 heavy (non-hydrogen) atoms. The van der Waals surface area contributed by atoms with Crippen molar-refractivity contribution in [3.8, 4) is 0 Å². The van der Waals surface area contributed by atoms with Gasteiger partial charge in [0.1, 0.15) is 5.69 Å². The maximum absolute atomic E-state index is 11.8. The Morgan fingerprint density at radius 3 is 2.86 bits per heavy atom. The summed E-state index contributed by atoms with van der Waals surface area (Å²) in [4.78, 5) is 17.2. The SMILES string of the molecule is CC(C)N1C(=O)c2ncccc2C1O. The number of hydrogen-bond acceptors (Lipinski definition) is 3. The van der Waals surface area contributed by atoms with Gasteiger partial charge >= 0.3 is 0 Å². The Morgan fingerprint density at radius 2 is 2.29 bits per heavy atom. The molecule has 1 aromatic rings. The second kappa shape index (κ2) is 3.06. The Labute approximate surface area is 82.2 Å². The van der Waals surface area contributed by atoms with Crippen LogP contribution in [0.3, 0.4) is 0 Å². The normalized spacial score (nSPS) is 20.4. The molecule has 0 bridgehead atoms. The van der Waals surface area contributed by atoms with Crippen LogP contribution in [-0.2, 0) is 0 Å². The van der Waals surface area contributed by atoms with E-state index in [9.17, 15) is 9.90 Å². The summed E-state index contributed by atoms with van der Waals surface area (Å²) in [5, 5.41) is 9.85. The molecule has 1 atom stereocenters. The number of carbonyl (C=O) groups is 1. The molecule has 0 saturated heterocycles. The van der Waals surface area contributed by atoms with E-state index >= 15 is 0 Å². The predicted molar refractivity (Wildman–Crippen MR) is 50.5 cm³/mol. The summed E-state index contributed by atoms with van der Waals surface area (Å²) >= 11 is 0. The van der Waals surface area contributed by atoms with Crippen molar-refractivity contribution < 1.29 is 9.90 Å². The van der Waals surface area contributed by atoms with Gasteiger partial charge in [-0.3, -0.25) is 9.78 Å². The maximum Gasteiger partial charge on any atom is 0.275 e. The molecule has 2 heterocycles. The standard InChI is InChI=1S/C10H12N2O2/c1-6(2)12-9(13)7-4-3-5-11-8(7)10(12)14/h3-6,9,13H,1-2H3. The summed E-state index contributed by atoms with van der Waals surface area (Å²) in [6.07, 6.45) is 0.721. The van der Waals surface area contributed by atoms with Crippen molar-refractivity contribution in [1.29, 1.82) is 0 Å². The molecule has 0 aliphatic carbocycles. The fourth-order valence-corrected chi connectivity index (χ4v) is 1.70. The van der Waals surface area contributed by atoms with Gasteiger partial charge in [0.25, 0.3) is 5.91 Å². The highest BCUT2D eigenvalue weighted by atomic mass is 16.3. The lowest BCUT2D eigenvalue weighted by molar-refractivity contribution is 0.00366. The van der Waals surface area contributed by atoms with Crippen LogP contribution < -0.4 is 0 Å². The van der Waals surface area contributed by atoms with Gasteiger partial charge in [0.15, 0.2) is 6.23 Å². The number of pyridine rings is 1. The third-order valence-electron chi connectivity index (χ3n) is 2.37. The summed E-state index contributed by atoms with van der Waals surface area (Å²) in [5.74, 6) is -0.192. The summed E-state index contributed by atoms with van der Waals surface area (Å²) in [6.45, 7) is 3.74. The number of fused-ring (bicyclic) bond motifs is 1. The van der Waals surface area contributed by atoms with Crippen molar-refractivity contribution in [1.82, 2.24) is 9.88 Å². The van der Waals surface area contributed by atoms with Crippen LogP contribution in [-0.4, -0.2) is 26.9 Å². The molecule has 0 spiro atoms. The third-order valence-corrected chi connectivity index (χ3v) is 2.37. The minimum absolute atomic E-state index is 0.0216. The number of aromatic nitrogens is 1. The van der Waals surface area contributed by atoms with Gasteiger partial charge in [-0.1, -0.05) is 6.07 Å². The molecule has 4 heteroatoms. The summed E-state index contributed by atoms with van der Waals surface area (Å²) in [7, 11) is 0. The Kier molecular flexibility index (Phi) is 2.00. The number of aliphatic hydroxyl groups is 1. The molecular weight excluding hydrogens is 180 g/mol. The van der Waals surface area contributed by atoms with Crippen molar-refractivity contribution in [2.45, 2.75) is 26.1 Å². The average Bonchev–Trinajstić information content (AvgIpc) is 2.41. The van der Waals surface area contributed by atoms with Gasteiger partial charge in [0.05, 0.1) is 0 Å². The quantitative estimate of drug-likeness (QED) is 0.720. The van der Waals surface area contributed by atoms with Crippen molar-refractivity contribution >= 4 is 5.91 Å². The average molecular weight is 192 g/mol. The lowest BCUT2D eigenvalue weighted by Gasteiger charge is -2.24. The van der Waals surface area contributed by atoms with E-state index in [1.807, 2.05) is 13.8 Å². The minimum Gasteiger partial charge on any atom is -0.369 e. The highest BCUT2D eigenvalue weighted by molar-refractivity contribution is 5.97. The van der Waals surface area contributed by atoms with E-state index in [1.165, 1.54) is 4.90 Å². The second-order valence-corrected chi connectivity index (χ2v) is 3.62. The number of rotatable bonds is 1. The number of nitrogens with zero attached hydrogens (tertiary/aromatic N) is 2. The zero-order valence-electron chi connectivity index (χ0n) is 8.14. The minimum atomic E-state index is -0.841. The van der Waals surface area contributed by atoms with E-state index in [0.717, 1.165) is 0 Å². The second-order valence-electron chi connectivity index (χ2n) is 3.62. The van der Waals surface area contributed by atoms with Gasteiger partial charge in [0, 0.05) is 17.8 Å². The predicted octanol–water partition coefficient (Wildman–Crippen LogP) is 0.937. The largest absolute Gasteiger partial charge is 0.369 e. The highest BCUT2D eigenvalue weighted by Gasteiger charge is 2.37. The van der Waals surface area contributed by atoms with Crippen molar-refractivity contribution in [3.63, 3.8) is 0 Å². The molecule has 0 radical (unpaired) electrons. The van der Waals surface area contributed by atoms with Gasteiger partial charge in [0.2, 0.25) is 0 Å². The third kappa shape index (κ3) is 1.11. The molecule has 2 rings (SSSR count). The fourth-order valence-electron chi connectivity index (χ4n) is 1.70. The van der Waals surface area contributed by atoms with Crippen LogP contribution in [0.4, 0.5) is 0 Å². The molecule has 74 valence electrons. The molecule has 0 aromatic carbocycles. The Morgan fingerprint density at radius 1 is 1.57 bits per heavy atom. The molecule has 0 saturated carbocycles. The van der Waals surface area contributed by atoms with Crippen LogP contribution in [0.2, 0.25) is 0 Å². The Balaban J connectivity index is 2.48. The summed E-state index contributed by atoms with van der Waals surface area (Å²) in [5.41, 5.74) is 0.972. The van der Waals surface area contributed by atoms with Crippen LogP contribution in [0.5, 0.6) is 0 Å². The Hall–Kier alpha value is -1.42. The number of carbonyl (C=O) groups excluding carboxylic acids is 1.